The van der Waals surface area contributed by atoms with E-state index in [2.05, 4.69) is 4.74 Å². The Balaban J connectivity index is 2.48. The first-order valence-corrected chi connectivity index (χ1v) is 6.27. The largest absolute Gasteiger partial charge is 0.465 e. The fourth-order valence-corrected chi connectivity index (χ4v) is 2.41. The maximum absolute atomic E-state index is 11.8. The number of rotatable bonds is 5. The molecule has 0 heterocycles. The number of esters is 1. The maximum atomic E-state index is 11.8. The number of ether oxygens (including phenoxy) is 1. The minimum absolute atomic E-state index is 0.00833. The lowest BCUT2D eigenvalue weighted by molar-refractivity contribution is -0.385. The van der Waals surface area contributed by atoms with Crippen LogP contribution in [-0.4, -0.2) is 29.7 Å². The Hall–Kier alpha value is -2.21. The van der Waals surface area contributed by atoms with Crippen LogP contribution in [0.1, 0.15) is 34.3 Å². The molecule has 1 aromatic rings. The number of allylic oxidation sites excluding steroid dienone is 1. The van der Waals surface area contributed by atoms with Crippen molar-refractivity contribution >= 4 is 17.7 Å². The fourth-order valence-electron chi connectivity index (χ4n) is 2.41. The van der Waals surface area contributed by atoms with E-state index in [1.165, 1.54) is 13.2 Å². The van der Waals surface area contributed by atoms with Crippen molar-refractivity contribution in [2.24, 2.45) is 0 Å². The van der Waals surface area contributed by atoms with Crippen molar-refractivity contribution < 1.29 is 19.6 Å². The van der Waals surface area contributed by atoms with Crippen molar-refractivity contribution in [3.05, 3.63) is 44.5 Å². The highest BCUT2D eigenvalue weighted by atomic mass is 16.6. The van der Waals surface area contributed by atoms with E-state index in [1.807, 2.05) is 0 Å². The van der Waals surface area contributed by atoms with Gasteiger partial charge in [-0.05, 0) is 30.4 Å². The van der Waals surface area contributed by atoms with Gasteiger partial charge in [0.25, 0.3) is 5.69 Å². The number of benzene rings is 1. The number of hydrogen-bond acceptors (Lipinski definition) is 5. The van der Waals surface area contributed by atoms with E-state index < -0.39 is 10.9 Å². The molecule has 0 spiro atoms. The molecule has 1 N–H and O–H groups in total. The number of carbonyl (C=O) groups excluding carboxylic acids is 1. The number of hydrogen-bond donors (Lipinski definition) is 1. The normalized spacial score (nSPS) is 12.8. The van der Waals surface area contributed by atoms with Gasteiger partial charge in [-0.25, -0.2) is 4.79 Å². The summed E-state index contributed by atoms with van der Waals surface area (Å²) in [5.41, 5.74) is 2.27. The van der Waals surface area contributed by atoms with Gasteiger partial charge in [0.05, 0.1) is 12.0 Å². The Morgan fingerprint density at radius 2 is 2.25 bits per heavy atom. The molecule has 0 amide bonds. The number of aliphatic hydroxyl groups excluding tert-OH is 1. The molecule has 0 unspecified atom stereocenters. The van der Waals surface area contributed by atoms with E-state index in [0.29, 0.717) is 24.8 Å². The third-order valence-corrected chi connectivity index (χ3v) is 3.32. The minimum Gasteiger partial charge on any atom is -0.465 e. The van der Waals surface area contributed by atoms with Crippen molar-refractivity contribution in [1.29, 1.82) is 0 Å². The summed E-state index contributed by atoms with van der Waals surface area (Å²) < 4.78 is 4.66. The standard InChI is InChI=1S/C14H15NO5/c1-20-14(17)13-11-8-9(3-2-6-16)7-10(11)4-5-12(13)15(18)19/h4-5,8,16H,2-3,6-7H2,1H3. The van der Waals surface area contributed by atoms with E-state index in [1.54, 1.807) is 12.1 Å². The summed E-state index contributed by atoms with van der Waals surface area (Å²) in [5.74, 6) is -0.701. The molecule has 0 saturated carbocycles. The number of aliphatic hydroxyl groups is 1. The zero-order valence-electron chi connectivity index (χ0n) is 11.1. The zero-order chi connectivity index (χ0) is 14.7. The van der Waals surface area contributed by atoms with Crippen LogP contribution in [0, 0.1) is 10.1 Å². The Kier molecular flexibility index (Phi) is 4.14. The van der Waals surface area contributed by atoms with Crippen LogP contribution in [0.4, 0.5) is 5.69 Å². The van der Waals surface area contributed by atoms with Gasteiger partial charge in [-0.1, -0.05) is 17.7 Å². The number of nitrogens with zero attached hydrogens (tertiary/aromatic N) is 1. The summed E-state index contributed by atoms with van der Waals surface area (Å²) in [6, 6.07) is 3.01. The van der Waals surface area contributed by atoms with Crippen molar-refractivity contribution in [3.8, 4) is 0 Å². The number of nitro groups is 1. The molecular formula is C14H15NO5. The van der Waals surface area contributed by atoms with Crippen molar-refractivity contribution in [2.75, 3.05) is 13.7 Å². The van der Waals surface area contributed by atoms with Crippen LogP contribution in [0.3, 0.4) is 0 Å². The first-order chi connectivity index (χ1) is 9.58. The Labute approximate surface area is 115 Å². The van der Waals surface area contributed by atoms with Crippen LogP contribution in [0.5, 0.6) is 0 Å². The lowest BCUT2D eigenvalue weighted by Crippen LogP contribution is -2.08. The molecule has 2 rings (SSSR count). The van der Waals surface area contributed by atoms with Gasteiger partial charge < -0.3 is 9.84 Å². The molecule has 6 heteroatoms. The molecule has 0 aromatic heterocycles. The van der Waals surface area contributed by atoms with E-state index in [0.717, 1.165) is 11.1 Å². The van der Waals surface area contributed by atoms with Crippen LogP contribution in [-0.2, 0) is 11.2 Å². The van der Waals surface area contributed by atoms with Gasteiger partial charge in [0.1, 0.15) is 5.56 Å². The molecule has 0 saturated heterocycles. The van der Waals surface area contributed by atoms with Crippen LogP contribution in [0.15, 0.2) is 17.7 Å². The highest BCUT2D eigenvalue weighted by Gasteiger charge is 2.28. The first-order valence-electron chi connectivity index (χ1n) is 6.27. The second-order valence-electron chi connectivity index (χ2n) is 4.59. The van der Waals surface area contributed by atoms with Gasteiger partial charge in [-0.2, -0.15) is 0 Å². The summed E-state index contributed by atoms with van der Waals surface area (Å²) in [6.45, 7) is 0.0949. The first kappa shape index (κ1) is 14.2. The predicted octanol–water partition coefficient (Wildman–Crippen LogP) is 2.09. The van der Waals surface area contributed by atoms with Crippen LogP contribution in [0.25, 0.3) is 6.08 Å². The lowest BCUT2D eigenvalue weighted by atomic mass is 10.0. The number of carbonyl (C=O) groups is 1. The summed E-state index contributed by atoms with van der Waals surface area (Å²) in [4.78, 5) is 22.3. The number of nitro benzene ring substituents is 1. The minimum atomic E-state index is -0.701. The Morgan fingerprint density at radius 1 is 1.50 bits per heavy atom. The average molecular weight is 277 g/mol. The second kappa shape index (κ2) is 5.83. The highest BCUT2D eigenvalue weighted by molar-refractivity contribution is 5.99. The molecule has 0 atom stereocenters. The predicted molar refractivity (Wildman–Crippen MR) is 72.4 cm³/mol. The average Bonchev–Trinajstić information content (AvgIpc) is 2.85. The van der Waals surface area contributed by atoms with Gasteiger partial charge in [0.2, 0.25) is 0 Å². The highest BCUT2D eigenvalue weighted by Crippen LogP contribution is 2.35. The molecule has 20 heavy (non-hydrogen) atoms. The summed E-state index contributed by atoms with van der Waals surface area (Å²) in [7, 11) is 1.21. The monoisotopic (exact) mass is 277 g/mol. The van der Waals surface area contributed by atoms with E-state index in [-0.39, 0.29) is 17.9 Å². The summed E-state index contributed by atoms with van der Waals surface area (Å²) in [5, 5.41) is 19.9. The van der Waals surface area contributed by atoms with Crippen molar-refractivity contribution in [1.82, 2.24) is 0 Å². The SMILES string of the molecule is COC(=O)c1c([N+](=O)[O-])ccc2c1C=C(CCCO)C2. The third kappa shape index (κ3) is 2.55. The molecule has 106 valence electrons. The lowest BCUT2D eigenvalue weighted by Gasteiger charge is -2.06. The van der Waals surface area contributed by atoms with E-state index in [9.17, 15) is 14.9 Å². The van der Waals surface area contributed by atoms with Crippen LogP contribution < -0.4 is 0 Å². The van der Waals surface area contributed by atoms with Crippen molar-refractivity contribution in [3.63, 3.8) is 0 Å². The van der Waals surface area contributed by atoms with Gasteiger partial charge in [-0.3, -0.25) is 10.1 Å². The fraction of sp³-hybridized carbons (Fsp3) is 0.357. The van der Waals surface area contributed by atoms with E-state index in [4.69, 9.17) is 5.11 Å². The Morgan fingerprint density at radius 3 is 2.85 bits per heavy atom. The summed E-state index contributed by atoms with van der Waals surface area (Å²) >= 11 is 0. The molecule has 1 aliphatic rings. The maximum Gasteiger partial charge on any atom is 0.345 e. The molecule has 0 fully saturated rings. The molecule has 1 aromatic carbocycles. The molecule has 0 radical (unpaired) electrons. The second-order valence-corrected chi connectivity index (χ2v) is 4.59. The smallest absolute Gasteiger partial charge is 0.345 e. The van der Waals surface area contributed by atoms with Crippen LogP contribution >= 0.6 is 0 Å². The zero-order valence-corrected chi connectivity index (χ0v) is 11.1. The van der Waals surface area contributed by atoms with Gasteiger partial charge in [0.15, 0.2) is 0 Å². The molecule has 0 bridgehead atoms. The van der Waals surface area contributed by atoms with Gasteiger partial charge in [0, 0.05) is 12.7 Å². The molecular weight excluding hydrogens is 262 g/mol. The van der Waals surface area contributed by atoms with Crippen LogP contribution in [0.2, 0.25) is 0 Å². The number of fused-ring (bicyclic) bond motifs is 1. The van der Waals surface area contributed by atoms with Gasteiger partial charge in [-0.15, -0.1) is 0 Å². The van der Waals surface area contributed by atoms with Crippen molar-refractivity contribution in [2.45, 2.75) is 19.3 Å². The van der Waals surface area contributed by atoms with E-state index >= 15 is 0 Å². The molecule has 0 aliphatic heterocycles. The number of methoxy groups -OCH3 is 1. The molecule has 6 nitrogen and oxygen atoms in total. The molecule has 1 aliphatic carbocycles. The van der Waals surface area contributed by atoms with Gasteiger partial charge >= 0.3 is 5.97 Å². The third-order valence-electron chi connectivity index (χ3n) is 3.32. The quantitative estimate of drug-likeness (QED) is 0.505. The Bertz CT molecular complexity index is 591. The topological polar surface area (TPSA) is 89.7 Å². The summed E-state index contributed by atoms with van der Waals surface area (Å²) in [6.07, 6.45) is 3.79.